The van der Waals surface area contributed by atoms with Gasteiger partial charge in [-0.05, 0) is 12.8 Å². The maximum atomic E-state index is 12.3. The molecule has 2 aliphatic heterocycles. The largest absolute Gasteiger partial charge is 0.423 e. The van der Waals surface area contributed by atoms with Gasteiger partial charge in [-0.25, -0.2) is 4.79 Å². The molecule has 0 aliphatic carbocycles. The fraction of sp³-hybridized carbons (Fsp3) is 0.750. The first kappa shape index (κ1) is 18.0. The zero-order valence-electron chi connectivity index (χ0n) is 13.4. The Morgan fingerprint density at radius 1 is 1.36 bits per heavy atom. The Bertz CT molecular complexity index is 723. The summed E-state index contributed by atoms with van der Waals surface area (Å²) in [7, 11) is -4.76. The van der Waals surface area contributed by atoms with Crippen LogP contribution in [0.3, 0.4) is 0 Å². The van der Waals surface area contributed by atoms with Gasteiger partial charge in [0.1, 0.15) is 6.04 Å². The van der Waals surface area contributed by atoms with Gasteiger partial charge < -0.3 is 20.4 Å². The molecule has 1 aromatic heterocycles. The number of rotatable bonds is 8. The van der Waals surface area contributed by atoms with Gasteiger partial charge in [0.05, 0.1) is 6.04 Å². The first-order chi connectivity index (χ1) is 11.9. The van der Waals surface area contributed by atoms with Crippen molar-refractivity contribution in [1.29, 1.82) is 0 Å². The molecule has 2 atom stereocenters. The van der Waals surface area contributed by atoms with Crippen molar-refractivity contribution in [2.24, 2.45) is 5.73 Å². The van der Waals surface area contributed by atoms with Crippen molar-refractivity contribution in [3.8, 4) is 0 Å². The summed E-state index contributed by atoms with van der Waals surface area (Å²) < 4.78 is 40.6. The quantitative estimate of drug-likeness (QED) is 0.372. The van der Waals surface area contributed by atoms with E-state index in [4.69, 9.17) is 14.7 Å². The van der Waals surface area contributed by atoms with E-state index in [1.165, 1.54) is 4.90 Å². The van der Waals surface area contributed by atoms with Crippen LogP contribution in [0.5, 0.6) is 0 Å². The second kappa shape index (κ2) is 7.21. The average molecular weight is 376 g/mol. The maximum Gasteiger partial charge on any atom is 0.418 e. The normalized spacial score (nSPS) is 23.5. The van der Waals surface area contributed by atoms with Gasteiger partial charge >= 0.3 is 16.4 Å². The maximum absolute atomic E-state index is 12.3. The summed E-state index contributed by atoms with van der Waals surface area (Å²) in [6.07, 6.45) is 1.54. The van der Waals surface area contributed by atoms with Crippen LogP contribution in [0.1, 0.15) is 30.7 Å². The highest BCUT2D eigenvalue weighted by Gasteiger charge is 2.49. The lowest BCUT2D eigenvalue weighted by Gasteiger charge is -2.27. The smallest absolute Gasteiger partial charge is 0.418 e. The summed E-state index contributed by atoms with van der Waals surface area (Å²) >= 11 is 0. The van der Waals surface area contributed by atoms with E-state index >= 15 is 0 Å². The molecule has 0 spiro atoms. The van der Waals surface area contributed by atoms with Crippen LogP contribution in [0, 0.1) is 0 Å². The number of aromatic nitrogens is 2. The van der Waals surface area contributed by atoms with Crippen LogP contribution in [-0.2, 0) is 21.1 Å². The Balaban J connectivity index is 1.65. The molecule has 3 rings (SSSR count). The van der Waals surface area contributed by atoms with Gasteiger partial charge in [0, 0.05) is 32.6 Å². The molecule has 4 N–H and O–H groups in total. The van der Waals surface area contributed by atoms with Crippen molar-refractivity contribution in [2.75, 3.05) is 26.2 Å². The number of hydroxylamine groups is 2. The molecule has 2 aliphatic rings. The lowest BCUT2D eigenvalue weighted by molar-refractivity contribution is -0.0317. The van der Waals surface area contributed by atoms with Crippen LogP contribution in [0.4, 0.5) is 4.79 Å². The number of hydrogen-bond acceptors (Lipinski definition) is 9. The molecule has 12 nitrogen and oxygen atoms in total. The molecule has 13 heteroatoms. The van der Waals surface area contributed by atoms with Gasteiger partial charge in [0.25, 0.3) is 0 Å². The Kier molecular flexibility index (Phi) is 5.19. The molecule has 0 saturated carbocycles. The third kappa shape index (κ3) is 4.07. The molecule has 2 saturated heterocycles. The molecule has 140 valence electrons. The molecule has 25 heavy (non-hydrogen) atoms. The van der Waals surface area contributed by atoms with E-state index in [0.717, 1.165) is 0 Å². The van der Waals surface area contributed by atoms with Crippen molar-refractivity contribution in [1.82, 2.24) is 25.5 Å². The number of nitrogens with one attached hydrogen (secondary N) is 1. The fourth-order valence-corrected chi connectivity index (χ4v) is 3.40. The molecule has 1 unspecified atom stereocenters. The molecule has 1 aromatic rings. The number of nitrogens with zero attached hydrogens (tertiary/aromatic N) is 4. The average Bonchev–Trinajstić information content (AvgIpc) is 3.11. The second-order valence-corrected chi connectivity index (χ2v) is 6.84. The number of nitrogens with two attached hydrogens (primary N) is 1. The first-order valence-corrected chi connectivity index (χ1v) is 9.25. The monoisotopic (exact) mass is 376 g/mol. The lowest BCUT2D eigenvalue weighted by Crippen LogP contribution is -2.35. The number of amides is 2. The van der Waals surface area contributed by atoms with Crippen LogP contribution >= 0.6 is 0 Å². The number of piperidine rings is 1. The van der Waals surface area contributed by atoms with Crippen LogP contribution in [0.2, 0.25) is 0 Å². The minimum absolute atomic E-state index is 0.259. The third-order valence-corrected chi connectivity index (χ3v) is 4.45. The Morgan fingerprint density at radius 2 is 2.16 bits per heavy atom. The predicted molar refractivity (Wildman–Crippen MR) is 82.3 cm³/mol. The van der Waals surface area contributed by atoms with Gasteiger partial charge in [-0.15, -0.1) is 14.5 Å². The zero-order valence-corrected chi connectivity index (χ0v) is 14.2. The van der Waals surface area contributed by atoms with E-state index in [-0.39, 0.29) is 6.54 Å². The van der Waals surface area contributed by atoms with Crippen molar-refractivity contribution in [3.05, 3.63) is 11.8 Å². The minimum atomic E-state index is -4.76. The highest BCUT2D eigenvalue weighted by atomic mass is 32.3. The first-order valence-electron chi connectivity index (χ1n) is 7.89. The van der Waals surface area contributed by atoms with E-state index in [9.17, 15) is 13.2 Å². The molecule has 3 heterocycles. The zero-order chi connectivity index (χ0) is 18.0. The number of carbonyl (C=O) groups excluding carboxylic acids is 1. The van der Waals surface area contributed by atoms with Gasteiger partial charge in [0.15, 0.2) is 0 Å². The van der Waals surface area contributed by atoms with E-state index in [2.05, 4.69) is 19.8 Å². The van der Waals surface area contributed by atoms with Gasteiger partial charge in [-0.3, -0.25) is 4.55 Å². The predicted octanol–water partition coefficient (Wildman–Crippen LogP) is -1.16. The van der Waals surface area contributed by atoms with Crippen molar-refractivity contribution in [3.63, 3.8) is 0 Å². The highest BCUT2D eigenvalue weighted by molar-refractivity contribution is 7.80. The third-order valence-electron chi connectivity index (χ3n) is 4.10. The van der Waals surface area contributed by atoms with Crippen LogP contribution in [-0.4, -0.2) is 71.4 Å². The van der Waals surface area contributed by atoms with Crippen molar-refractivity contribution >= 4 is 16.4 Å². The van der Waals surface area contributed by atoms with Gasteiger partial charge in [-0.1, -0.05) is 0 Å². The van der Waals surface area contributed by atoms with E-state index in [1.54, 1.807) is 0 Å². The standard InChI is InChI=1S/C12H20N6O6S/c13-4-6-14-5-3-10-15-16-11(23-10)9-2-1-8-7-17(9)12(19)18(8)24-25(20,21)22/h8-9,14H,1-7,13H2,(H,20,21,22)/t8?,9-/m0/s1. The summed E-state index contributed by atoms with van der Waals surface area (Å²) in [4.78, 5) is 13.7. The molecule has 2 fully saturated rings. The van der Waals surface area contributed by atoms with Crippen molar-refractivity contribution < 1.29 is 26.5 Å². The molecule has 0 radical (unpaired) electrons. The van der Waals surface area contributed by atoms with Crippen LogP contribution < -0.4 is 11.1 Å². The minimum Gasteiger partial charge on any atom is -0.423 e. The van der Waals surface area contributed by atoms with E-state index < -0.39 is 28.5 Å². The summed E-state index contributed by atoms with van der Waals surface area (Å²) in [5, 5.41) is 11.8. The number of urea groups is 1. The summed E-state index contributed by atoms with van der Waals surface area (Å²) in [5.41, 5.74) is 5.39. The molecular weight excluding hydrogens is 356 g/mol. The summed E-state index contributed by atoms with van der Waals surface area (Å²) in [6, 6.07) is -1.56. The molecule has 2 amide bonds. The lowest BCUT2D eigenvalue weighted by atomic mass is 10.0. The molecule has 0 aromatic carbocycles. The highest BCUT2D eigenvalue weighted by Crippen LogP contribution is 2.38. The Morgan fingerprint density at radius 3 is 2.88 bits per heavy atom. The number of hydrogen-bond donors (Lipinski definition) is 3. The number of fused-ring (bicyclic) bond motifs is 2. The van der Waals surface area contributed by atoms with E-state index in [1.807, 2.05) is 0 Å². The summed E-state index contributed by atoms with van der Waals surface area (Å²) in [6.45, 7) is 2.13. The number of carbonyl (C=O) groups is 1. The van der Waals surface area contributed by atoms with Crippen LogP contribution in [0.15, 0.2) is 4.42 Å². The van der Waals surface area contributed by atoms with Crippen molar-refractivity contribution in [2.45, 2.75) is 31.3 Å². The second-order valence-electron chi connectivity index (χ2n) is 5.83. The summed E-state index contributed by atoms with van der Waals surface area (Å²) in [5.74, 6) is 0.744. The fourth-order valence-electron chi connectivity index (χ4n) is 3.01. The Labute approximate surface area is 144 Å². The SMILES string of the molecule is NCCNCCc1nnc([C@@H]2CCC3CN2C(=O)N3OS(=O)(=O)O)o1. The molecular formula is C12H20N6O6S. The Hall–Kier alpha value is -1.80. The topological polar surface area (TPSA) is 164 Å². The van der Waals surface area contributed by atoms with Gasteiger partial charge in [-0.2, -0.15) is 13.5 Å². The van der Waals surface area contributed by atoms with Gasteiger partial charge in [0.2, 0.25) is 11.8 Å². The molecule has 2 bridgehead atoms. The van der Waals surface area contributed by atoms with Crippen LogP contribution in [0.25, 0.3) is 0 Å². The van der Waals surface area contributed by atoms with E-state index in [0.29, 0.717) is 55.7 Å².